The van der Waals surface area contributed by atoms with Crippen molar-refractivity contribution < 1.29 is 9.59 Å². The van der Waals surface area contributed by atoms with Gasteiger partial charge in [0.2, 0.25) is 5.91 Å². The first-order valence-corrected chi connectivity index (χ1v) is 13.1. The fourth-order valence-electron chi connectivity index (χ4n) is 4.31. The van der Waals surface area contributed by atoms with Crippen molar-refractivity contribution >= 4 is 23.6 Å². The zero-order valence-corrected chi connectivity index (χ0v) is 21.4. The molecule has 0 spiro atoms. The van der Waals surface area contributed by atoms with E-state index < -0.39 is 0 Å². The number of hydrogen-bond donors (Lipinski definition) is 2. The zero-order chi connectivity index (χ0) is 24.8. The van der Waals surface area contributed by atoms with Crippen molar-refractivity contribution in [1.82, 2.24) is 25.6 Å². The summed E-state index contributed by atoms with van der Waals surface area (Å²) in [5.74, 6) is 0.324. The standard InChI is InChI=1S/C27H33N5O2S/c1-27(2,3)21-16-14-19(15-17-21)24-29-31-26(32(24)22-12-8-5-9-13-22)35-18-23(33)28-30-25(34)20-10-6-4-7-11-20/h4,6-7,10-11,14-17,22H,5,8-9,12-13,18H2,1-3H3,(H,28,33)(H,30,34). The minimum atomic E-state index is -0.352. The average Bonchev–Trinajstić information content (AvgIpc) is 3.30. The molecule has 1 fully saturated rings. The summed E-state index contributed by atoms with van der Waals surface area (Å²) in [5, 5.41) is 9.73. The molecule has 1 heterocycles. The minimum absolute atomic E-state index is 0.0832. The quantitative estimate of drug-likeness (QED) is 0.361. The van der Waals surface area contributed by atoms with Crippen LogP contribution in [0.2, 0.25) is 0 Å². The summed E-state index contributed by atoms with van der Waals surface area (Å²) in [7, 11) is 0. The van der Waals surface area contributed by atoms with Gasteiger partial charge in [-0.3, -0.25) is 25.0 Å². The topological polar surface area (TPSA) is 88.9 Å². The molecule has 1 aromatic heterocycles. The fraction of sp³-hybridized carbons (Fsp3) is 0.407. The number of amides is 2. The Bertz CT molecular complexity index is 1150. The van der Waals surface area contributed by atoms with Crippen molar-refractivity contribution in [2.75, 3.05) is 5.75 Å². The van der Waals surface area contributed by atoms with Gasteiger partial charge in [0.15, 0.2) is 11.0 Å². The number of hydrazine groups is 1. The van der Waals surface area contributed by atoms with Crippen LogP contribution in [0.25, 0.3) is 11.4 Å². The third kappa shape index (κ3) is 6.31. The molecule has 3 aromatic rings. The SMILES string of the molecule is CC(C)(C)c1ccc(-c2nnc(SCC(=O)NNC(=O)c3ccccc3)n2C2CCCCC2)cc1. The maximum atomic E-state index is 12.4. The van der Waals surface area contributed by atoms with E-state index >= 15 is 0 Å². The summed E-state index contributed by atoms with van der Waals surface area (Å²) < 4.78 is 2.21. The van der Waals surface area contributed by atoms with Crippen molar-refractivity contribution in [3.8, 4) is 11.4 Å². The first-order chi connectivity index (χ1) is 16.8. The number of rotatable bonds is 6. The third-order valence-electron chi connectivity index (χ3n) is 6.30. The van der Waals surface area contributed by atoms with Gasteiger partial charge in [-0.1, -0.05) is 94.3 Å². The Morgan fingerprint density at radius 3 is 2.29 bits per heavy atom. The smallest absolute Gasteiger partial charge is 0.269 e. The molecule has 1 aliphatic rings. The molecule has 35 heavy (non-hydrogen) atoms. The predicted octanol–water partition coefficient (Wildman–Crippen LogP) is 5.30. The van der Waals surface area contributed by atoms with Crippen LogP contribution in [-0.2, 0) is 10.2 Å². The second-order valence-corrected chi connectivity index (χ2v) is 10.9. The van der Waals surface area contributed by atoms with Crippen LogP contribution in [-0.4, -0.2) is 32.3 Å². The van der Waals surface area contributed by atoms with Crippen molar-refractivity contribution in [2.24, 2.45) is 0 Å². The van der Waals surface area contributed by atoms with Crippen LogP contribution in [0.15, 0.2) is 59.8 Å². The normalized spacial score (nSPS) is 14.5. The second kappa shape index (κ2) is 11.1. The maximum absolute atomic E-state index is 12.4. The Hall–Kier alpha value is -3.13. The van der Waals surface area contributed by atoms with Gasteiger partial charge < -0.3 is 0 Å². The molecule has 2 amide bonds. The highest BCUT2D eigenvalue weighted by Crippen LogP contribution is 2.36. The summed E-state index contributed by atoms with van der Waals surface area (Å²) in [5.41, 5.74) is 7.83. The van der Waals surface area contributed by atoms with Crippen LogP contribution in [0, 0.1) is 0 Å². The van der Waals surface area contributed by atoms with Crippen molar-refractivity contribution in [3.05, 3.63) is 65.7 Å². The van der Waals surface area contributed by atoms with Gasteiger partial charge in [-0.25, -0.2) is 0 Å². The second-order valence-electron chi connectivity index (χ2n) is 9.95. The Morgan fingerprint density at radius 2 is 1.63 bits per heavy atom. The lowest BCUT2D eigenvalue weighted by molar-refractivity contribution is -0.119. The summed E-state index contributed by atoms with van der Waals surface area (Å²) in [6.45, 7) is 6.61. The molecule has 0 aliphatic heterocycles. The number of thioether (sulfide) groups is 1. The minimum Gasteiger partial charge on any atom is -0.299 e. The van der Waals surface area contributed by atoms with Gasteiger partial charge in [0.1, 0.15) is 0 Å². The molecule has 0 atom stereocenters. The van der Waals surface area contributed by atoms with Crippen LogP contribution in [0.5, 0.6) is 0 Å². The van der Waals surface area contributed by atoms with Gasteiger partial charge >= 0.3 is 0 Å². The van der Waals surface area contributed by atoms with E-state index in [0.29, 0.717) is 11.6 Å². The van der Waals surface area contributed by atoms with E-state index in [1.54, 1.807) is 24.3 Å². The summed E-state index contributed by atoms with van der Waals surface area (Å²) in [4.78, 5) is 24.6. The van der Waals surface area contributed by atoms with E-state index in [9.17, 15) is 9.59 Å². The fourth-order valence-corrected chi connectivity index (χ4v) is 5.12. The van der Waals surface area contributed by atoms with E-state index in [2.05, 4.69) is 70.7 Å². The van der Waals surface area contributed by atoms with E-state index in [1.165, 1.54) is 36.6 Å². The van der Waals surface area contributed by atoms with Gasteiger partial charge in [-0.15, -0.1) is 10.2 Å². The number of carbonyl (C=O) groups excluding carboxylic acids is 2. The molecule has 2 N–H and O–H groups in total. The van der Waals surface area contributed by atoms with Gasteiger partial charge in [-0.2, -0.15) is 0 Å². The molecular weight excluding hydrogens is 458 g/mol. The molecule has 0 unspecified atom stereocenters. The predicted molar refractivity (Wildman–Crippen MR) is 139 cm³/mol. The summed E-state index contributed by atoms with van der Waals surface area (Å²) in [6.07, 6.45) is 5.78. The number of nitrogens with one attached hydrogen (secondary N) is 2. The summed E-state index contributed by atoms with van der Waals surface area (Å²) in [6, 6.07) is 17.6. The number of nitrogens with zero attached hydrogens (tertiary/aromatic N) is 3. The molecular formula is C27H33N5O2S. The van der Waals surface area contributed by atoms with Crippen molar-refractivity contribution in [2.45, 2.75) is 69.5 Å². The molecule has 8 heteroatoms. The molecule has 4 rings (SSSR count). The van der Waals surface area contributed by atoms with Gasteiger partial charge in [0.05, 0.1) is 5.75 Å². The van der Waals surface area contributed by atoms with Crippen LogP contribution >= 0.6 is 11.8 Å². The molecule has 184 valence electrons. The molecule has 0 saturated heterocycles. The van der Waals surface area contributed by atoms with Gasteiger partial charge in [0.25, 0.3) is 5.91 Å². The van der Waals surface area contributed by atoms with Crippen LogP contribution in [0.3, 0.4) is 0 Å². The Morgan fingerprint density at radius 1 is 0.943 bits per heavy atom. The first kappa shape index (κ1) is 25.0. The number of hydrogen-bond acceptors (Lipinski definition) is 5. The Kier molecular flexibility index (Phi) is 7.90. The van der Waals surface area contributed by atoms with E-state index in [1.807, 2.05) is 6.07 Å². The highest BCUT2D eigenvalue weighted by molar-refractivity contribution is 7.99. The Balaban J connectivity index is 1.47. The number of carbonyl (C=O) groups is 2. The first-order valence-electron chi connectivity index (χ1n) is 12.2. The van der Waals surface area contributed by atoms with Crippen molar-refractivity contribution in [3.63, 3.8) is 0 Å². The zero-order valence-electron chi connectivity index (χ0n) is 20.6. The lowest BCUT2D eigenvalue weighted by Crippen LogP contribution is -2.42. The number of benzene rings is 2. The largest absolute Gasteiger partial charge is 0.299 e. The maximum Gasteiger partial charge on any atom is 0.269 e. The molecule has 0 radical (unpaired) electrons. The van der Waals surface area contributed by atoms with Crippen LogP contribution in [0.4, 0.5) is 0 Å². The molecule has 1 aliphatic carbocycles. The number of aromatic nitrogens is 3. The third-order valence-corrected chi connectivity index (χ3v) is 7.24. The molecule has 2 aromatic carbocycles. The molecule has 1 saturated carbocycles. The van der Waals surface area contributed by atoms with E-state index in [0.717, 1.165) is 29.4 Å². The van der Waals surface area contributed by atoms with Gasteiger partial charge in [-0.05, 0) is 36.0 Å². The average molecular weight is 492 g/mol. The summed E-state index contributed by atoms with van der Waals surface area (Å²) >= 11 is 1.35. The molecule has 0 bridgehead atoms. The van der Waals surface area contributed by atoms with Crippen LogP contribution < -0.4 is 10.9 Å². The highest BCUT2D eigenvalue weighted by atomic mass is 32.2. The van der Waals surface area contributed by atoms with Gasteiger partial charge in [0, 0.05) is 17.2 Å². The monoisotopic (exact) mass is 491 g/mol. The van der Waals surface area contributed by atoms with Crippen molar-refractivity contribution in [1.29, 1.82) is 0 Å². The molecule has 7 nitrogen and oxygen atoms in total. The lowest BCUT2D eigenvalue weighted by atomic mass is 9.86. The van der Waals surface area contributed by atoms with E-state index in [4.69, 9.17) is 0 Å². The van der Waals surface area contributed by atoms with E-state index in [-0.39, 0.29) is 23.0 Å². The Labute approximate surface area is 211 Å². The highest BCUT2D eigenvalue weighted by Gasteiger charge is 2.25. The van der Waals surface area contributed by atoms with Crippen LogP contribution in [0.1, 0.15) is 74.8 Å². The lowest BCUT2D eigenvalue weighted by Gasteiger charge is -2.26.